The van der Waals surface area contributed by atoms with Crippen LogP contribution in [-0.2, 0) is 4.79 Å². The zero-order valence-electron chi connectivity index (χ0n) is 9.55. The van der Waals surface area contributed by atoms with Crippen molar-refractivity contribution in [2.24, 2.45) is 17.1 Å². The lowest BCUT2D eigenvalue weighted by atomic mass is 9.92. The van der Waals surface area contributed by atoms with Gasteiger partial charge in [0.1, 0.15) is 0 Å². The number of carbonyl (C=O) groups is 1. The first-order valence-corrected chi connectivity index (χ1v) is 5.50. The maximum Gasteiger partial charge on any atom is 0.229 e. The molecule has 0 aromatic carbocycles. The van der Waals surface area contributed by atoms with Gasteiger partial charge < -0.3 is 10.6 Å². The van der Waals surface area contributed by atoms with Gasteiger partial charge in [0.05, 0.1) is 5.41 Å². The molecule has 0 aromatic heterocycles. The second-order valence-electron chi connectivity index (χ2n) is 4.90. The molecule has 1 unspecified atom stereocenters. The van der Waals surface area contributed by atoms with E-state index in [1.807, 2.05) is 18.7 Å². The maximum atomic E-state index is 12.0. The second kappa shape index (κ2) is 4.30. The Bertz CT molecular complexity index is 213. The predicted molar refractivity (Wildman–Crippen MR) is 57.8 cm³/mol. The Morgan fingerprint density at radius 2 is 2.21 bits per heavy atom. The summed E-state index contributed by atoms with van der Waals surface area (Å²) in [4.78, 5) is 14.0. The van der Waals surface area contributed by atoms with Crippen molar-refractivity contribution < 1.29 is 4.79 Å². The molecule has 2 N–H and O–H groups in total. The molecule has 1 rings (SSSR count). The molecule has 1 saturated heterocycles. The first-order valence-electron chi connectivity index (χ1n) is 5.50. The van der Waals surface area contributed by atoms with Gasteiger partial charge >= 0.3 is 0 Å². The van der Waals surface area contributed by atoms with Crippen LogP contribution in [0.5, 0.6) is 0 Å². The topological polar surface area (TPSA) is 46.3 Å². The highest BCUT2D eigenvalue weighted by Crippen LogP contribution is 2.24. The molecular weight excluding hydrogens is 176 g/mol. The molecule has 3 nitrogen and oxygen atoms in total. The number of amides is 1. The summed E-state index contributed by atoms with van der Waals surface area (Å²) < 4.78 is 0. The maximum absolute atomic E-state index is 12.0. The van der Waals surface area contributed by atoms with Crippen LogP contribution < -0.4 is 5.73 Å². The summed E-state index contributed by atoms with van der Waals surface area (Å²) in [6, 6.07) is 0. The van der Waals surface area contributed by atoms with E-state index in [0.29, 0.717) is 12.5 Å². The first-order chi connectivity index (χ1) is 6.51. The van der Waals surface area contributed by atoms with E-state index in [9.17, 15) is 4.79 Å². The molecule has 0 aromatic rings. The Hall–Kier alpha value is -0.570. The molecule has 0 radical (unpaired) electrons. The molecule has 82 valence electrons. The number of hydrogen-bond acceptors (Lipinski definition) is 2. The predicted octanol–water partition coefficient (Wildman–Crippen LogP) is 1.23. The molecule has 3 heteroatoms. The number of rotatable bonds is 3. The van der Waals surface area contributed by atoms with Gasteiger partial charge in [0, 0.05) is 19.6 Å². The summed E-state index contributed by atoms with van der Waals surface area (Å²) in [5.74, 6) is 0.920. The van der Waals surface area contributed by atoms with Crippen LogP contribution in [0.1, 0.15) is 33.6 Å². The van der Waals surface area contributed by atoms with E-state index in [1.54, 1.807) is 0 Å². The van der Waals surface area contributed by atoms with E-state index in [-0.39, 0.29) is 11.3 Å². The summed E-state index contributed by atoms with van der Waals surface area (Å²) in [5, 5.41) is 0. The molecule has 1 aliphatic heterocycles. The number of hydrogen-bond donors (Lipinski definition) is 1. The first kappa shape index (κ1) is 11.5. The van der Waals surface area contributed by atoms with Crippen molar-refractivity contribution in [1.29, 1.82) is 0 Å². The Morgan fingerprint density at radius 1 is 1.57 bits per heavy atom. The monoisotopic (exact) mass is 198 g/mol. The highest BCUT2D eigenvalue weighted by molar-refractivity contribution is 5.82. The van der Waals surface area contributed by atoms with Crippen molar-refractivity contribution in [1.82, 2.24) is 4.90 Å². The highest BCUT2D eigenvalue weighted by Gasteiger charge is 2.34. The van der Waals surface area contributed by atoms with Crippen molar-refractivity contribution in [2.45, 2.75) is 33.6 Å². The van der Waals surface area contributed by atoms with Gasteiger partial charge in [-0.25, -0.2) is 0 Å². The quantitative estimate of drug-likeness (QED) is 0.741. The standard InChI is InChI=1S/C11H22N2O/c1-4-9-5-6-13(7-9)10(14)11(2,3)8-12/h9H,4-8,12H2,1-3H3. The third-order valence-electron chi connectivity index (χ3n) is 3.24. The number of carbonyl (C=O) groups excluding carboxylic acids is 1. The molecule has 0 aliphatic carbocycles. The minimum Gasteiger partial charge on any atom is -0.342 e. The summed E-state index contributed by atoms with van der Waals surface area (Å²) in [7, 11) is 0. The van der Waals surface area contributed by atoms with Crippen LogP contribution in [0.25, 0.3) is 0 Å². The number of likely N-dealkylation sites (tertiary alicyclic amines) is 1. The number of nitrogens with zero attached hydrogens (tertiary/aromatic N) is 1. The molecular formula is C11H22N2O. The Morgan fingerprint density at radius 3 is 2.64 bits per heavy atom. The fourth-order valence-electron chi connectivity index (χ4n) is 1.87. The molecule has 1 atom stereocenters. The van der Waals surface area contributed by atoms with Crippen LogP contribution in [0.2, 0.25) is 0 Å². The largest absolute Gasteiger partial charge is 0.342 e. The molecule has 1 amide bonds. The molecule has 14 heavy (non-hydrogen) atoms. The van der Waals surface area contributed by atoms with Crippen molar-refractivity contribution in [3.05, 3.63) is 0 Å². The van der Waals surface area contributed by atoms with Gasteiger partial charge in [0.2, 0.25) is 5.91 Å². The zero-order valence-corrected chi connectivity index (χ0v) is 9.55. The molecule has 0 saturated carbocycles. The van der Waals surface area contributed by atoms with Crippen LogP contribution in [0.4, 0.5) is 0 Å². The van der Waals surface area contributed by atoms with Crippen molar-refractivity contribution in [3.63, 3.8) is 0 Å². The van der Waals surface area contributed by atoms with Gasteiger partial charge in [-0.05, 0) is 26.2 Å². The molecule has 0 bridgehead atoms. The third kappa shape index (κ3) is 2.27. The van der Waals surface area contributed by atoms with Crippen molar-refractivity contribution in [3.8, 4) is 0 Å². The minimum atomic E-state index is -0.386. The van der Waals surface area contributed by atoms with Crippen LogP contribution in [0, 0.1) is 11.3 Å². The van der Waals surface area contributed by atoms with Gasteiger partial charge in [-0.1, -0.05) is 13.3 Å². The van der Waals surface area contributed by atoms with E-state index in [2.05, 4.69) is 6.92 Å². The Labute approximate surface area is 86.6 Å². The van der Waals surface area contributed by atoms with Gasteiger partial charge in [-0.2, -0.15) is 0 Å². The Kier molecular flexibility index (Phi) is 3.53. The smallest absolute Gasteiger partial charge is 0.229 e. The van der Waals surface area contributed by atoms with Gasteiger partial charge in [-0.3, -0.25) is 4.79 Å². The van der Waals surface area contributed by atoms with Crippen LogP contribution in [0.15, 0.2) is 0 Å². The molecule has 0 spiro atoms. The molecule has 1 aliphatic rings. The summed E-state index contributed by atoms with van der Waals surface area (Å²) in [5.41, 5.74) is 5.21. The van der Waals surface area contributed by atoms with E-state index in [4.69, 9.17) is 5.73 Å². The fourth-order valence-corrected chi connectivity index (χ4v) is 1.87. The van der Waals surface area contributed by atoms with E-state index in [0.717, 1.165) is 19.5 Å². The van der Waals surface area contributed by atoms with Gasteiger partial charge in [0.25, 0.3) is 0 Å². The van der Waals surface area contributed by atoms with Crippen LogP contribution in [-0.4, -0.2) is 30.4 Å². The highest BCUT2D eigenvalue weighted by atomic mass is 16.2. The van der Waals surface area contributed by atoms with Gasteiger partial charge in [-0.15, -0.1) is 0 Å². The summed E-state index contributed by atoms with van der Waals surface area (Å²) >= 11 is 0. The molecule has 1 heterocycles. The average Bonchev–Trinajstić information content (AvgIpc) is 2.64. The lowest BCUT2D eigenvalue weighted by Crippen LogP contribution is -2.43. The number of nitrogens with two attached hydrogens (primary N) is 1. The summed E-state index contributed by atoms with van der Waals surface area (Å²) in [6.45, 7) is 8.31. The van der Waals surface area contributed by atoms with E-state index in [1.165, 1.54) is 6.42 Å². The normalized spacial score (nSPS) is 22.9. The van der Waals surface area contributed by atoms with Gasteiger partial charge in [0.15, 0.2) is 0 Å². The average molecular weight is 198 g/mol. The van der Waals surface area contributed by atoms with Crippen molar-refractivity contribution in [2.75, 3.05) is 19.6 Å². The third-order valence-corrected chi connectivity index (χ3v) is 3.24. The summed E-state index contributed by atoms with van der Waals surface area (Å²) in [6.07, 6.45) is 2.33. The fraction of sp³-hybridized carbons (Fsp3) is 0.909. The zero-order chi connectivity index (χ0) is 10.8. The van der Waals surface area contributed by atoms with Crippen LogP contribution >= 0.6 is 0 Å². The SMILES string of the molecule is CCC1CCN(C(=O)C(C)(C)CN)C1. The Balaban J connectivity index is 2.55. The lowest BCUT2D eigenvalue weighted by molar-refractivity contribution is -0.138. The minimum absolute atomic E-state index is 0.218. The molecule has 1 fully saturated rings. The van der Waals surface area contributed by atoms with E-state index < -0.39 is 0 Å². The second-order valence-corrected chi connectivity index (χ2v) is 4.90. The lowest BCUT2D eigenvalue weighted by Gasteiger charge is -2.27. The van der Waals surface area contributed by atoms with Crippen molar-refractivity contribution >= 4 is 5.91 Å². The van der Waals surface area contributed by atoms with Crippen LogP contribution in [0.3, 0.4) is 0 Å². The van der Waals surface area contributed by atoms with E-state index >= 15 is 0 Å².